The number of benzene rings is 3. The molecule has 0 saturated carbocycles. The first-order chi connectivity index (χ1) is 7.88. The predicted octanol–water partition coefficient (Wildman–Crippen LogP) is 3.66. The molecule has 0 amide bonds. The van der Waals surface area contributed by atoms with Gasteiger partial charge in [-0.05, 0) is 27.6 Å². The molecule has 0 heterocycles. The lowest BCUT2D eigenvalue weighted by molar-refractivity contribution is 1.49. The normalized spacial score (nSPS) is 10.4. The van der Waals surface area contributed by atoms with Crippen molar-refractivity contribution in [2.45, 2.75) is 0 Å². The van der Waals surface area contributed by atoms with Crippen molar-refractivity contribution >= 4 is 21.5 Å². The zero-order valence-electron chi connectivity index (χ0n) is 8.57. The van der Waals surface area contributed by atoms with E-state index in [1.165, 1.54) is 10.8 Å². The number of fused-ring (bicyclic) bond motifs is 3. The maximum atomic E-state index is 8.83. The van der Waals surface area contributed by atoms with Crippen LogP contribution in [0.2, 0.25) is 0 Å². The number of nitrogens with zero attached hydrogens (tertiary/aromatic N) is 1. The molecule has 16 heavy (non-hydrogen) atoms. The molecule has 0 aliphatic heterocycles. The van der Waals surface area contributed by atoms with Crippen LogP contribution in [0.4, 0.5) is 0 Å². The molecule has 0 aliphatic rings. The molecule has 3 aromatic carbocycles. The van der Waals surface area contributed by atoms with Gasteiger partial charge in [0, 0.05) is 6.07 Å². The summed E-state index contributed by atoms with van der Waals surface area (Å²) in [6.45, 7) is 0. The summed E-state index contributed by atoms with van der Waals surface area (Å²) in [5, 5.41) is 13.4. The van der Waals surface area contributed by atoms with Crippen LogP contribution in [0.3, 0.4) is 0 Å². The molecule has 0 unspecified atom stereocenters. The quantitative estimate of drug-likeness (QED) is 0.510. The Balaban J connectivity index is 2.49. The first-order valence-electron chi connectivity index (χ1n) is 5.12. The highest BCUT2D eigenvalue weighted by Crippen LogP contribution is 2.25. The Labute approximate surface area is 93.6 Å². The van der Waals surface area contributed by atoms with E-state index in [0.29, 0.717) is 5.56 Å². The summed E-state index contributed by atoms with van der Waals surface area (Å²) in [5.41, 5.74) is 0.586. The maximum absolute atomic E-state index is 8.83. The standard InChI is InChI=1S/C15H8N/c16-10-11-5-8-15-13(9-11)7-6-12-3-1-2-4-14(12)15/h1-8H. The van der Waals surface area contributed by atoms with Crippen molar-refractivity contribution in [3.63, 3.8) is 0 Å². The molecule has 0 saturated heterocycles. The fraction of sp³-hybridized carbons (Fsp3) is 0. The topological polar surface area (TPSA) is 23.8 Å². The van der Waals surface area contributed by atoms with Crippen molar-refractivity contribution in [1.82, 2.24) is 0 Å². The first kappa shape index (κ1) is 8.94. The van der Waals surface area contributed by atoms with E-state index in [2.05, 4.69) is 30.3 Å². The van der Waals surface area contributed by atoms with Gasteiger partial charge in [0.1, 0.15) is 0 Å². The molecule has 0 atom stereocenters. The highest BCUT2D eigenvalue weighted by molar-refractivity contribution is 6.07. The van der Waals surface area contributed by atoms with Crippen LogP contribution in [0.1, 0.15) is 5.56 Å². The minimum Gasteiger partial charge on any atom is -0.192 e. The summed E-state index contributed by atoms with van der Waals surface area (Å²) in [6.07, 6.45) is 0. The second-order valence-electron chi connectivity index (χ2n) is 3.73. The average Bonchev–Trinajstić information content (AvgIpc) is 2.38. The zero-order valence-corrected chi connectivity index (χ0v) is 8.57. The highest BCUT2D eigenvalue weighted by atomic mass is 14.2. The average molecular weight is 202 g/mol. The van der Waals surface area contributed by atoms with Crippen LogP contribution in [-0.4, -0.2) is 0 Å². The van der Waals surface area contributed by atoms with Crippen molar-refractivity contribution in [3.8, 4) is 6.07 Å². The molecule has 0 bridgehead atoms. The van der Waals surface area contributed by atoms with E-state index in [1.807, 2.05) is 30.3 Å². The Hall–Kier alpha value is -2.33. The lowest BCUT2D eigenvalue weighted by Crippen LogP contribution is -1.80. The van der Waals surface area contributed by atoms with E-state index >= 15 is 0 Å². The monoisotopic (exact) mass is 202 g/mol. The van der Waals surface area contributed by atoms with Crippen LogP contribution < -0.4 is 0 Å². The van der Waals surface area contributed by atoms with Gasteiger partial charge in [0.05, 0.1) is 11.6 Å². The second-order valence-corrected chi connectivity index (χ2v) is 3.73. The van der Waals surface area contributed by atoms with Gasteiger partial charge in [0.25, 0.3) is 0 Å². The predicted molar refractivity (Wildman–Crippen MR) is 65.0 cm³/mol. The molecule has 1 heteroatoms. The van der Waals surface area contributed by atoms with Gasteiger partial charge >= 0.3 is 0 Å². The highest BCUT2D eigenvalue weighted by Gasteiger charge is 2.00. The van der Waals surface area contributed by atoms with Crippen molar-refractivity contribution < 1.29 is 0 Å². The largest absolute Gasteiger partial charge is 0.192 e. The number of hydrogen-bond acceptors (Lipinski definition) is 1. The van der Waals surface area contributed by atoms with Gasteiger partial charge in [0.15, 0.2) is 0 Å². The van der Waals surface area contributed by atoms with E-state index in [4.69, 9.17) is 5.26 Å². The zero-order chi connectivity index (χ0) is 11.0. The third-order valence-corrected chi connectivity index (χ3v) is 2.78. The number of rotatable bonds is 0. The van der Waals surface area contributed by atoms with Gasteiger partial charge in [-0.1, -0.05) is 42.5 Å². The summed E-state index contributed by atoms with van der Waals surface area (Å²) < 4.78 is 0. The van der Waals surface area contributed by atoms with Gasteiger partial charge in [0.2, 0.25) is 0 Å². The Bertz CT molecular complexity index is 720. The Morgan fingerprint density at radius 2 is 1.75 bits per heavy atom. The van der Waals surface area contributed by atoms with E-state index in [9.17, 15) is 0 Å². The van der Waals surface area contributed by atoms with Gasteiger partial charge in [-0.25, -0.2) is 0 Å². The molecule has 0 aliphatic carbocycles. The minimum absolute atomic E-state index is 0.586. The van der Waals surface area contributed by atoms with E-state index in [-0.39, 0.29) is 0 Å². The van der Waals surface area contributed by atoms with Crippen molar-refractivity contribution in [1.29, 1.82) is 5.26 Å². The van der Waals surface area contributed by atoms with Gasteiger partial charge < -0.3 is 0 Å². The Kier molecular flexibility index (Phi) is 1.88. The van der Waals surface area contributed by atoms with E-state index in [0.717, 1.165) is 10.8 Å². The summed E-state index contributed by atoms with van der Waals surface area (Å²) in [7, 11) is 0. The molecule has 0 fully saturated rings. The summed E-state index contributed by atoms with van der Waals surface area (Å²) in [5.74, 6) is 0. The molecule has 0 spiro atoms. The van der Waals surface area contributed by atoms with Crippen LogP contribution in [-0.2, 0) is 0 Å². The summed E-state index contributed by atoms with van der Waals surface area (Å²) in [6, 6.07) is 21.3. The van der Waals surface area contributed by atoms with E-state index < -0.39 is 0 Å². The van der Waals surface area contributed by atoms with Crippen molar-refractivity contribution in [2.75, 3.05) is 0 Å². The van der Waals surface area contributed by atoms with Crippen LogP contribution >= 0.6 is 0 Å². The maximum Gasteiger partial charge on any atom is 0.0998 e. The lowest BCUT2D eigenvalue weighted by Gasteiger charge is -2.03. The van der Waals surface area contributed by atoms with Crippen LogP contribution in [0, 0.1) is 17.4 Å². The molecular weight excluding hydrogens is 194 g/mol. The number of hydrogen-bond donors (Lipinski definition) is 0. The molecule has 1 radical (unpaired) electrons. The van der Waals surface area contributed by atoms with Crippen LogP contribution in [0.15, 0.2) is 48.5 Å². The molecule has 0 aromatic heterocycles. The van der Waals surface area contributed by atoms with Crippen molar-refractivity contribution in [3.05, 3.63) is 60.2 Å². The van der Waals surface area contributed by atoms with E-state index in [1.54, 1.807) is 0 Å². The van der Waals surface area contributed by atoms with Crippen molar-refractivity contribution in [2.24, 2.45) is 0 Å². The fourth-order valence-corrected chi connectivity index (χ4v) is 2.00. The first-order valence-corrected chi connectivity index (χ1v) is 5.12. The van der Waals surface area contributed by atoms with Gasteiger partial charge in [-0.15, -0.1) is 0 Å². The Morgan fingerprint density at radius 3 is 2.62 bits per heavy atom. The summed E-state index contributed by atoms with van der Waals surface area (Å²) >= 11 is 0. The van der Waals surface area contributed by atoms with Gasteiger partial charge in [-0.2, -0.15) is 5.26 Å². The second kappa shape index (κ2) is 3.36. The molecule has 0 N–H and O–H groups in total. The SMILES string of the molecule is N#Cc1[c]c2ccc3ccccc3c2cc1. The van der Waals surface area contributed by atoms with Crippen LogP contribution in [0.5, 0.6) is 0 Å². The lowest BCUT2D eigenvalue weighted by atomic mass is 10.0. The fourth-order valence-electron chi connectivity index (χ4n) is 2.00. The van der Waals surface area contributed by atoms with Crippen LogP contribution in [0.25, 0.3) is 21.5 Å². The molecule has 1 nitrogen and oxygen atoms in total. The molecular formula is C15H8N. The molecule has 3 aromatic rings. The smallest absolute Gasteiger partial charge is 0.0998 e. The molecule has 73 valence electrons. The third kappa shape index (κ3) is 1.24. The summed E-state index contributed by atoms with van der Waals surface area (Å²) in [4.78, 5) is 0. The number of nitriles is 1. The van der Waals surface area contributed by atoms with Gasteiger partial charge in [-0.3, -0.25) is 0 Å². The minimum atomic E-state index is 0.586. The Morgan fingerprint density at radius 1 is 0.875 bits per heavy atom. The third-order valence-electron chi connectivity index (χ3n) is 2.78. The molecule has 3 rings (SSSR count).